The Morgan fingerprint density at radius 3 is 2.67 bits per heavy atom. The van der Waals surface area contributed by atoms with Gasteiger partial charge in [-0.05, 0) is 39.3 Å². The van der Waals surface area contributed by atoms with E-state index in [4.69, 9.17) is 4.74 Å². The van der Waals surface area contributed by atoms with E-state index in [0.717, 1.165) is 15.6 Å². The van der Waals surface area contributed by atoms with Crippen LogP contribution in [0.3, 0.4) is 0 Å². The number of rotatable bonds is 6. The number of amides is 1. The number of fused-ring (bicyclic) bond motifs is 1. The van der Waals surface area contributed by atoms with Crippen molar-refractivity contribution >= 4 is 33.3 Å². The van der Waals surface area contributed by atoms with Gasteiger partial charge in [0.2, 0.25) is 0 Å². The Morgan fingerprint density at radius 2 is 2.04 bits per heavy atom. The topological polar surface area (TPSA) is 75.6 Å². The zero-order chi connectivity index (χ0) is 17.9. The molecule has 1 aromatic carbocycles. The van der Waals surface area contributed by atoms with Gasteiger partial charge in [-0.15, -0.1) is 11.3 Å². The molecule has 6 heteroatoms. The number of hydrogen-bond acceptors (Lipinski definition) is 4. The largest absolute Gasteiger partial charge is 0.480 e. The van der Waals surface area contributed by atoms with E-state index in [2.05, 4.69) is 5.32 Å². The summed E-state index contributed by atoms with van der Waals surface area (Å²) in [4.78, 5) is 23.9. The van der Waals surface area contributed by atoms with Gasteiger partial charge in [0.25, 0.3) is 5.91 Å². The number of aliphatic carboxylic acids is 1. The van der Waals surface area contributed by atoms with Crippen LogP contribution in [0.4, 0.5) is 0 Å². The molecule has 0 saturated heterocycles. The van der Waals surface area contributed by atoms with Crippen molar-refractivity contribution in [2.45, 2.75) is 45.8 Å². The molecule has 2 N–H and O–H groups in total. The van der Waals surface area contributed by atoms with E-state index in [0.29, 0.717) is 5.56 Å². The third-order valence-electron chi connectivity index (χ3n) is 3.52. The van der Waals surface area contributed by atoms with Crippen LogP contribution in [0.15, 0.2) is 23.6 Å². The fraction of sp³-hybridized carbons (Fsp3) is 0.444. The second-order valence-corrected chi connectivity index (χ2v) is 7.67. The molecular formula is C18H23NO4S. The number of carboxylic acids is 1. The summed E-state index contributed by atoms with van der Waals surface area (Å²) in [6.07, 6.45) is 0.222. The van der Waals surface area contributed by atoms with E-state index in [1.807, 2.05) is 45.9 Å². The van der Waals surface area contributed by atoms with E-state index < -0.39 is 12.0 Å². The van der Waals surface area contributed by atoms with Crippen molar-refractivity contribution < 1.29 is 19.4 Å². The molecule has 1 amide bonds. The number of thiophene rings is 1. The zero-order valence-corrected chi connectivity index (χ0v) is 15.2. The maximum Gasteiger partial charge on any atom is 0.326 e. The first-order valence-electron chi connectivity index (χ1n) is 7.83. The molecule has 2 rings (SSSR count). The molecule has 5 nitrogen and oxygen atoms in total. The number of carbonyl (C=O) groups excluding carboxylic acids is 1. The average Bonchev–Trinajstić information content (AvgIpc) is 2.87. The molecule has 0 aliphatic rings. The summed E-state index contributed by atoms with van der Waals surface area (Å²) in [5.41, 5.74) is 1.30. The van der Waals surface area contributed by atoms with Gasteiger partial charge in [-0.3, -0.25) is 4.79 Å². The zero-order valence-electron chi connectivity index (χ0n) is 14.4. The summed E-state index contributed by atoms with van der Waals surface area (Å²) < 4.78 is 6.57. The highest BCUT2D eigenvalue weighted by atomic mass is 32.1. The number of carboxylic acid groups (broad SMARTS) is 1. The third kappa shape index (κ3) is 4.79. The van der Waals surface area contributed by atoms with Crippen LogP contribution in [0.25, 0.3) is 10.1 Å². The molecule has 2 aromatic rings. The maximum absolute atomic E-state index is 12.5. The van der Waals surface area contributed by atoms with Gasteiger partial charge in [0.1, 0.15) is 6.04 Å². The van der Waals surface area contributed by atoms with Crippen LogP contribution in [0.2, 0.25) is 0 Å². The van der Waals surface area contributed by atoms with Crippen LogP contribution < -0.4 is 5.32 Å². The molecule has 0 bridgehead atoms. The third-order valence-corrected chi connectivity index (χ3v) is 4.47. The van der Waals surface area contributed by atoms with Gasteiger partial charge in [0.05, 0.1) is 11.2 Å². The standard InChI is InChI=1S/C18H23NO4S/c1-11-5-6-12-13(10-24-15(12)9-11)16(20)19-14(17(21)22)7-8-23-18(2,3)4/h5-6,9-10,14H,7-8H2,1-4H3,(H,19,20)(H,21,22). The molecule has 1 atom stereocenters. The molecule has 24 heavy (non-hydrogen) atoms. The highest BCUT2D eigenvalue weighted by Gasteiger charge is 2.23. The second-order valence-electron chi connectivity index (χ2n) is 6.76. The Bertz CT molecular complexity index is 745. The van der Waals surface area contributed by atoms with E-state index in [1.54, 1.807) is 5.38 Å². The van der Waals surface area contributed by atoms with Crippen LogP contribution in [-0.4, -0.2) is 35.2 Å². The van der Waals surface area contributed by atoms with Crippen molar-refractivity contribution in [3.05, 3.63) is 34.7 Å². The Balaban J connectivity index is 2.08. The number of aryl methyl sites for hydroxylation is 1. The number of carbonyl (C=O) groups is 2. The van der Waals surface area contributed by atoms with Crippen molar-refractivity contribution in [3.8, 4) is 0 Å². The Labute approximate surface area is 145 Å². The summed E-state index contributed by atoms with van der Waals surface area (Å²) in [7, 11) is 0. The Hall–Kier alpha value is -1.92. The van der Waals surface area contributed by atoms with Gasteiger partial charge in [0, 0.05) is 28.5 Å². The molecular weight excluding hydrogens is 326 g/mol. The molecule has 1 heterocycles. The normalized spacial score (nSPS) is 13.0. The minimum atomic E-state index is -1.06. The minimum Gasteiger partial charge on any atom is -0.480 e. The fourth-order valence-electron chi connectivity index (χ4n) is 2.29. The molecule has 0 radical (unpaired) electrons. The van der Waals surface area contributed by atoms with Crippen molar-refractivity contribution in [1.29, 1.82) is 0 Å². The first kappa shape index (κ1) is 18.4. The molecule has 0 spiro atoms. The van der Waals surface area contributed by atoms with E-state index >= 15 is 0 Å². The second kappa shape index (κ2) is 7.32. The van der Waals surface area contributed by atoms with Crippen LogP contribution in [0.5, 0.6) is 0 Å². The van der Waals surface area contributed by atoms with Gasteiger partial charge >= 0.3 is 5.97 Å². The number of ether oxygens (including phenoxy) is 1. The Morgan fingerprint density at radius 1 is 1.33 bits per heavy atom. The minimum absolute atomic E-state index is 0.222. The average molecular weight is 349 g/mol. The van der Waals surface area contributed by atoms with E-state index in [9.17, 15) is 14.7 Å². The summed E-state index contributed by atoms with van der Waals surface area (Å²) in [6, 6.07) is 4.88. The lowest BCUT2D eigenvalue weighted by Crippen LogP contribution is -2.42. The molecule has 1 aromatic heterocycles. The van der Waals surface area contributed by atoms with E-state index in [-0.39, 0.29) is 24.5 Å². The lowest BCUT2D eigenvalue weighted by atomic mass is 10.1. The molecule has 0 aliphatic heterocycles. The molecule has 0 fully saturated rings. The number of benzene rings is 1. The van der Waals surface area contributed by atoms with Gasteiger partial charge in [-0.25, -0.2) is 4.79 Å². The van der Waals surface area contributed by atoms with E-state index in [1.165, 1.54) is 11.3 Å². The Kier molecular flexibility index (Phi) is 5.62. The maximum atomic E-state index is 12.5. The van der Waals surface area contributed by atoms with Crippen LogP contribution in [0.1, 0.15) is 43.1 Å². The summed E-state index contributed by atoms with van der Waals surface area (Å²) in [5, 5.41) is 14.5. The van der Waals surface area contributed by atoms with Crippen molar-refractivity contribution in [2.24, 2.45) is 0 Å². The first-order valence-corrected chi connectivity index (χ1v) is 8.71. The fourth-order valence-corrected chi connectivity index (χ4v) is 3.33. The highest BCUT2D eigenvalue weighted by molar-refractivity contribution is 7.17. The molecule has 1 unspecified atom stereocenters. The van der Waals surface area contributed by atoms with Gasteiger partial charge < -0.3 is 15.2 Å². The summed E-state index contributed by atoms with van der Waals surface area (Å²) in [6.45, 7) is 7.97. The smallest absolute Gasteiger partial charge is 0.326 e. The summed E-state index contributed by atoms with van der Waals surface area (Å²) >= 11 is 1.48. The monoisotopic (exact) mass is 349 g/mol. The SMILES string of the molecule is Cc1ccc2c(C(=O)NC(CCOC(C)(C)C)C(=O)O)csc2c1. The molecule has 0 aliphatic carbocycles. The number of hydrogen-bond donors (Lipinski definition) is 2. The lowest BCUT2D eigenvalue weighted by Gasteiger charge is -2.21. The first-order chi connectivity index (χ1) is 11.2. The van der Waals surface area contributed by atoms with Crippen molar-refractivity contribution in [1.82, 2.24) is 5.32 Å². The highest BCUT2D eigenvalue weighted by Crippen LogP contribution is 2.27. The van der Waals surface area contributed by atoms with Gasteiger partial charge in [-0.2, -0.15) is 0 Å². The van der Waals surface area contributed by atoms with Crippen LogP contribution >= 0.6 is 11.3 Å². The predicted molar refractivity (Wildman–Crippen MR) is 95.8 cm³/mol. The predicted octanol–water partition coefficient (Wildman–Crippen LogP) is 3.60. The van der Waals surface area contributed by atoms with Crippen LogP contribution in [-0.2, 0) is 9.53 Å². The van der Waals surface area contributed by atoms with Crippen molar-refractivity contribution in [2.75, 3.05) is 6.61 Å². The molecule has 130 valence electrons. The molecule has 0 saturated carbocycles. The number of nitrogens with one attached hydrogen (secondary N) is 1. The van der Waals surface area contributed by atoms with Gasteiger partial charge in [0.15, 0.2) is 0 Å². The van der Waals surface area contributed by atoms with Gasteiger partial charge in [-0.1, -0.05) is 12.1 Å². The van der Waals surface area contributed by atoms with Crippen LogP contribution in [0, 0.1) is 6.92 Å². The van der Waals surface area contributed by atoms with Crippen molar-refractivity contribution in [3.63, 3.8) is 0 Å². The lowest BCUT2D eigenvalue weighted by molar-refractivity contribution is -0.140. The summed E-state index contributed by atoms with van der Waals surface area (Å²) in [5.74, 6) is -1.43. The quantitative estimate of drug-likeness (QED) is 0.835.